The number of hydrogen-bond donors (Lipinski definition) is 3. The number of rotatable bonds is 13. The Labute approximate surface area is 240 Å². The molecule has 4 rings (SSSR count). The Morgan fingerprint density at radius 3 is 2.59 bits per heavy atom. The van der Waals surface area contributed by atoms with Gasteiger partial charge in [0.1, 0.15) is 22.6 Å². The molecule has 0 atom stereocenters. The maximum Gasteiger partial charge on any atom is 0.275 e. The van der Waals surface area contributed by atoms with E-state index < -0.39 is 10.0 Å². The summed E-state index contributed by atoms with van der Waals surface area (Å²) in [6.45, 7) is 7.77. The number of oxime groups is 1. The number of sulfonamides is 1. The lowest BCUT2D eigenvalue weighted by Gasteiger charge is -2.31. The van der Waals surface area contributed by atoms with Crippen LogP contribution in [0.5, 0.6) is 5.75 Å². The molecule has 0 saturated carbocycles. The van der Waals surface area contributed by atoms with Crippen LogP contribution in [0.25, 0.3) is 22.4 Å². The van der Waals surface area contributed by atoms with Crippen LogP contribution in [0.2, 0.25) is 0 Å². The molecule has 2 aromatic heterocycles. The quantitative estimate of drug-likeness (QED) is 0.155. The molecule has 0 bridgehead atoms. The first-order chi connectivity index (χ1) is 19.8. The van der Waals surface area contributed by atoms with Gasteiger partial charge in [0.05, 0.1) is 29.0 Å². The van der Waals surface area contributed by atoms with Gasteiger partial charge >= 0.3 is 0 Å². The molecule has 12 heteroatoms. The summed E-state index contributed by atoms with van der Waals surface area (Å²) in [5, 5.41) is 21.7. The van der Waals surface area contributed by atoms with Crippen LogP contribution < -0.4 is 10.3 Å². The predicted molar refractivity (Wildman–Crippen MR) is 158 cm³/mol. The molecule has 11 nitrogen and oxygen atoms in total. The molecule has 1 fully saturated rings. The maximum atomic E-state index is 13.7. The van der Waals surface area contributed by atoms with Gasteiger partial charge in [0.25, 0.3) is 5.56 Å². The second-order valence-electron chi connectivity index (χ2n) is 10.4. The Morgan fingerprint density at radius 1 is 1.20 bits per heavy atom. The van der Waals surface area contributed by atoms with Crippen molar-refractivity contribution in [1.82, 2.24) is 18.8 Å². The molecule has 3 heterocycles. The zero-order chi connectivity index (χ0) is 29.6. The molecule has 224 valence electrons. The Kier molecular flexibility index (Phi) is 10.2. The average Bonchev–Trinajstić information content (AvgIpc) is 3.27. The van der Waals surface area contributed by atoms with Gasteiger partial charge in [0, 0.05) is 31.8 Å². The van der Waals surface area contributed by atoms with Crippen molar-refractivity contribution in [2.75, 3.05) is 26.3 Å². The number of benzene rings is 1. The second-order valence-corrected chi connectivity index (χ2v) is 12.4. The van der Waals surface area contributed by atoms with Crippen molar-refractivity contribution in [3.05, 3.63) is 39.8 Å². The Balaban J connectivity index is 1.82. The zero-order valence-corrected chi connectivity index (χ0v) is 24.9. The van der Waals surface area contributed by atoms with Gasteiger partial charge in [-0.05, 0) is 69.6 Å². The number of aryl methyl sites for hydroxylation is 2. The van der Waals surface area contributed by atoms with Crippen molar-refractivity contribution in [3.8, 4) is 17.1 Å². The molecule has 0 spiro atoms. The van der Waals surface area contributed by atoms with Crippen molar-refractivity contribution in [3.63, 3.8) is 0 Å². The molecule has 0 amide bonds. The van der Waals surface area contributed by atoms with Crippen molar-refractivity contribution in [1.29, 1.82) is 0 Å². The molecule has 3 aromatic rings. The smallest absolute Gasteiger partial charge is 0.275 e. The number of nitrogens with one attached hydrogen (secondary N) is 1. The van der Waals surface area contributed by atoms with E-state index in [0.717, 1.165) is 44.1 Å². The highest BCUT2D eigenvalue weighted by atomic mass is 32.2. The molecule has 0 radical (unpaired) electrons. The number of aromatic nitrogens is 3. The highest BCUT2D eigenvalue weighted by molar-refractivity contribution is 7.89. The van der Waals surface area contributed by atoms with Gasteiger partial charge in [-0.15, -0.1) is 0 Å². The summed E-state index contributed by atoms with van der Waals surface area (Å²) < 4.78 is 36.7. The van der Waals surface area contributed by atoms with Crippen LogP contribution in [0.3, 0.4) is 0 Å². The molecule has 3 N–H and O–H groups in total. The van der Waals surface area contributed by atoms with E-state index in [0.29, 0.717) is 66.6 Å². The van der Waals surface area contributed by atoms with Crippen LogP contribution in [0.15, 0.2) is 33.0 Å². The van der Waals surface area contributed by atoms with E-state index in [4.69, 9.17) is 14.8 Å². The van der Waals surface area contributed by atoms with E-state index in [1.807, 2.05) is 20.8 Å². The van der Waals surface area contributed by atoms with E-state index in [2.05, 4.69) is 10.1 Å². The molecule has 1 saturated heterocycles. The zero-order valence-electron chi connectivity index (χ0n) is 24.1. The monoisotopic (exact) mass is 587 g/mol. The van der Waals surface area contributed by atoms with Gasteiger partial charge < -0.3 is 24.6 Å². The third kappa shape index (κ3) is 6.34. The van der Waals surface area contributed by atoms with E-state index >= 15 is 0 Å². The molecular formula is C29H41N5O6S. The summed E-state index contributed by atoms with van der Waals surface area (Å²) in [5.41, 5.74) is 2.28. The number of aromatic amines is 1. The van der Waals surface area contributed by atoms with Crippen LogP contribution in [-0.4, -0.2) is 70.1 Å². The van der Waals surface area contributed by atoms with Crippen molar-refractivity contribution < 1.29 is 23.5 Å². The van der Waals surface area contributed by atoms with Crippen LogP contribution in [-0.2, 0) is 23.0 Å². The van der Waals surface area contributed by atoms with Crippen molar-refractivity contribution in [2.24, 2.45) is 11.1 Å². The van der Waals surface area contributed by atoms with Gasteiger partial charge in [-0.25, -0.2) is 13.4 Å². The molecule has 1 aliphatic heterocycles. The Hall–Kier alpha value is -3.22. The highest BCUT2D eigenvalue weighted by Gasteiger charge is 2.30. The Morgan fingerprint density at radius 2 is 1.95 bits per heavy atom. The SMILES string of the molecule is CCCOc1ccc(S(=O)(=O)N2CCC(CCCO)CC2)cc1-c1nc2c(CCC)c(C=NO)n(CC)c2c(=O)[nH]1. The standard InChI is InChI=1S/C29H41N5O6S/c1-4-8-22-24(19-30-37)34(6-3)27-26(22)31-28(32-29(27)36)23-18-21(10-11-25(23)40-17-5-2)41(38,39)33-14-12-20(13-15-33)9-7-16-35/h10-11,18-20,35,37H,4-9,12-17H2,1-3H3,(H,31,32,36). The summed E-state index contributed by atoms with van der Waals surface area (Å²) >= 11 is 0. The number of ether oxygens (including phenoxy) is 1. The largest absolute Gasteiger partial charge is 0.493 e. The summed E-state index contributed by atoms with van der Waals surface area (Å²) in [7, 11) is -3.80. The molecule has 1 aromatic carbocycles. The Bertz CT molecular complexity index is 1540. The number of H-pyrrole nitrogens is 1. The van der Waals surface area contributed by atoms with E-state index in [-0.39, 0.29) is 22.9 Å². The van der Waals surface area contributed by atoms with Gasteiger partial charge in [-0.2, -0.15) is 4.31 Å². The second kappa shape index (κ2) is 13.6. The minimum atomic E-state index is -3.80. The number of hydrogen-bond acceptors (Lipinski definition) is 8. The summed E-state index contributed by atoms with van der Waals surface area (Å²) in [6, 6.07) is 4.71. The van der Waals surface area contributed by atoms with Crippen LogP contribution in [0, 0.1) is 5.92 Å². The van der Waals surface area contributed by atoms with E-state index in [1.54, 1.807) is 16.7 Å². The fraction of sp³-hybridized carbons (Fsp3) is 0.552. The van der Waals surface area contributed by atoms with Crippen LogP contribution in [0.4, 0.5) is 0 Å². The van der Waals surface area contributed by atoms with Crippen LogP contribution in [0.1, 0.15) is 70.6 Å². The number of aliphatic hydroxyl groups excluding tert-OH is 1. The summed E-state index contributed by atoms with van der Waals surface area (Å²) in [5.74, 6) is 1.05. The predicted octanol–water partition coefficient (Wildman–Crippen LogP) is 4.13. The van der Waals surface area contributed by atoms with Gasteiger partial charge in [-0.1, -0.05) is 25.4 Å². The normalized spacial score (nSPS) is 15.3. The molecule has 41 heavy (non-hydrogen) atoms. The van der Waals surface area contributed by atoms with Crippen LogP contribution >= 0.6 is 0 Å². The van der Waals surface area contributed by atoms with Crippen molar-refractivity contribution >= 4 is 27.3 Å². The van der Waals surface area contributed by atoms with E-state index in [9.17, 15) is 18.4 Å². The van der Waals surface area contributed by atoms with E-state index in [1.165, 1.54) is 16.6 Å². The number of aliphatic hydroxyl groups is 1. The molecule has 1 aliphatic rings. The molecule has 0 unspecified atom stereocenters. The third-order valence-corrected chi connectivity index (χ3v) is 9.59. The van der Waals surface area contributed by atoms with Gasteiger partial charge in [-0.3, -0.25) is 4.79 Å². The fourth-order valence-electron chi connectivity index (χ4n) is 5.65. The first-order valence-electron chi connectivity index (χ1n) is 14.5. The lowest BCUT2D eigenvalue weighted by atomic mass is 9.93. The number of fused-ring (bicyclic) bond motifs is 1. The maximum absolute atomic E-state index is 13.7. The third-order valence-electron chi connectivity index (χ3n) is 7.70. The van der Waals surface area contributed by atoms with Crippen molar-refractivity contribution in [2.45, 2.75) is 77.2 Å². The lowest BCUT2D eigenvalue weighted by molar-refractivity contribution is 0.230. The average molecular weight is 588 g/mol. The first kappa shape index (κ1) is 30.7. The van der Waals surface area contributed by atoms with Gasteiger partial charge in [0.2, 0.25) is 10.0 Å². The topological polar surface area (TPSA) is 150 Å². The summed E-state index contributed by atoms with van der Waals surface area (Å²) in [6.07, 6.45) is 6.60. The molecular weight excluding hydrogens is 546 g/mol. The summed E-state index contributed by atoms with van der Waals surface area (Å²) in [4.78, 5) is 21.3. The lowest BCUT2D eigenvalue weighted by Crippen LogP contribution is -2.38. The fourth-order valence-corrected chi connectivity index (χ4v) is 7.14. The highest BCUT2D eigenvalue weighted by Crippen LogP contribution is 2.34. The van der Waals surface area contributed by atoms with Gasteiger partial charge in [0.15, 0.2) is 0 Å². The molecule has 0 aliphatic carbocycles. The first-order valence-corrected chi connectivity index (χ1v) is 16.0. The minimum absolute atomic E-state index is 0.112. The number of nitrogens with zero attached hydrogens (tertiary/aromatic N) is 4. The number of piperidine rings is 1. The minimum Gasteiger partial charge on any atom is -0.493 e.